The molecule has 2 saturated carbocycles. The van der Waals surface area contributed by atoms with Crippen LogP contribution in [0.3, 0.4) is 0 Å². The molecule has 3 fully saturated rings. The number of aliphatic hydroxyl groups is 5. The maximum absolute atomic E-state index is 12.2. The van der Waals surface area contributed by atoms with Gasteiger partial charge < -0.3 is 39.7 Å². The molecule has 0 aromatic carbocycles. The molecule has 5 N–H and O–H groups in total. The summed E-state index contributed by atoms with van der Waals surface area (Å²) in [6, 6.07) is 0. The van der Waals surface area contributed by atoms with Crippen LogP contribution in [-0.4, -0.2) is 87.1 Å². The zero-order chi connectivity index (χ0) is 25.8. The lowest BCUT2D eigenvalue weighted by atomic mass is 9.43. The van der Waals surface area contributed by atoms with Crippen LogP contribution in [0.2, 0.25) is 0 Å². The fourth-order valence-electron chi connectivity index (χ4n) is 7.49. The highest BCUT2D eigenvalue weighted by Gasteiger charge is 2.64. The maximum Gasteiger partial charge on any atom is 0.334 e. The minimum Gasteiger partial charge on any atom is -0.458 e. The van der Waals surface area contributed by atoms with E-state index in [0.29, 0.717) is 37.9 Å². The van der Waals surface area contributed by atoms with Gasteiger partial charge in [0, 0.05) is 11.0 Å². The number of hydrogen-bond acceptors (Lipinski definition) is 9. The van der Waals surface area contributed by atoms with Gasteiger partial charge in [-0.15, -0.1) is 0 Å². The Balaban J connectivity index is 1.53. The summed E-state index contributed by atoms with van der Waals surface area (Å²) in [6.45, 7) is 8.25. The third-order valence-electron chi connectivity index (χ3n) is 9.84. The second kappa shape index (κ2) is 9.67. The lowest BCUT2D eigenvalue weighted by molar-refractivity contribution is -0.332. The standard InChI is InChI=1S/C26H42O9/c1-14-5-6-17-24(2,3)18(35-23-21(30)20(29)19(28)16(13-27)34-23)8-10-25(17,4)26(14,32)11-7-15-9-12-33-22(15)31/h9,14,16-21,23,27-30,32H,5-8,10-13H2,1-4H3/t14-,16+,17-,18-,19+,20-,21+,23-,25+,26+/m0/s1. The molecule has 9 heteroatoms. The molecule has 9 nitrogen and oxygen atoms in total. The largest absolute Gasteiger partial charge is 0.458 e. The van der Waals surface area contributed by atoms with Gasteiger partial charge in [0.15, 0.2) is 6.29 Å². The molecule has 0 bridgehead atoms. The van der Waals surface area contributed by atoms with Crippen molar-refractivity contribution in [1.29, 1.82) is 0 Å². The first-order valence-electron chi connectivity index (χ1n) is 12.9. The van der Waals surface area contributed by atoms with Crippen molar-refractivity contribution in [2.75, 3.05) is 13.2 Å². The lowest BCUT2D eigenvalue weighted by Gasteiger charge is -2.64. The highest BCUT2D eigenvalue weighted by Crippen LogP contribution is 2.64. The molecule has 0 radical (unpaired) electrons. The Labute approximate surface area is 207 Å². The average Bonchev–Trinajstić information content (AvgIpc) is 3.22. The van der Waals surface area contributed by atoms with Gasteiger partial charge >= 0.3 is 5.97 Å². The van der Waals surface area contributed by atoms with Crippen molar-refractivity contribution in [2.45, 2.75) is 109 Å². The Morgan fingerprint density at radius 2 is 1.80 bits per heavy atom. The van der Waals surface area contributed by atoms with Gasteiger partial charge in [-0.3, -0.25) is 0 Å². The van der Waals surface area contributed by atoms with Gasteiger partial charge in [0.25, 0.3) is 0 Å². The smallest absolute Gasteiger partial charge is 0.334 e. The zero-order valence-corrected chi connectivity index (χ0v) is 21.2. The van der Waals surface area contributed by atoms with E-state index in [-0.39, 0.29) is 23.9 Å². The van der Waals surface area contributed by atoms with E-state index in [0.717, 1.165) is 12.8 Å². The molecule has 10 atom stereocenters. The minimum absolute atomic E-state index is 0.0699. The van der Waals surface area contributed by atoms with E-state index < -0.39 is 53.7 Å². The van der Waals surface area contributed by atoms with Gasteiger partial charge in [0.2, 0.25) is 0 Å². The Kier molecular flexibility index (Phi) is 7.45. The highest BCUT2D eigenvalue weighted by molar-refractivity contribution is 5.90. The number of carbonyl (C=O) groups excluding carboxylic acids is 1. The van der Waals surface area contributed by atoms with Gasteiger partial charge in [-0.25, -0.2) is 4.79 Å². The van der Waals surface area contributed by atoms with E-state index >= 15 is 0 Å². The van der Waals surface area contributed by atoms with Crippen LogP contribution in [0.5, 0.6) is 0 Å². The van der Waals surface area contributed by atoms with Gasteiger partial charge in [-0.05, 0) is 61.9 Å². The Bertz CT molecular complexity index is 826. The molecule has 4 aliphatic rings. The molecule has 200 valence electrons. The zero-order valence-electron chi connectivity index (χ0n) is 21.2. The Morgan fingerprint density at radius 3 is 2.43 bits per heavy atom. The van der Waals surface area contributed by atoms with Crippen LogP contribution in [-0.2, 0) is 19.0 Å². The summed E-state index contributed by atoms with van der Waals surface area (Å²) in [4.78, 5) is 12.0. The van der Waals surface area contributed by atoms with E-state index in [9.17, 15) is 30.3 Å². The van der Waals surface area contributed by atoms with Gasteiger partial charge in [0.1, 0.15) is 31.0 Å². The second-order valence-electron chi connectivity index (χ2n) is 11.9. The van der Waals surface area contributed by atoms with Crippen molar-refractivity contribution < 1.29 is 44.5 Å². The monoisotopic (exact) mass is 498 g/mol. The summed E-state index contributed by atoms with van der Waals surface area (Å²) in [7, 11) is 0. The number of aliphatic hydroxyl groups excluding tert-OH is 4. The first kappa shape index (κ1) is 27.0. The number of esters is 1. The summed E-state index contributed by atoms with van der Waals surface area (Å²) in [5, 5.41) is 52.5. The molecular weight excluding hydrogens is 456 g/mol. The van der Waals surface area contributed by atoms with Gasteiger partial charge in [-0.2, -0.15) is 0 Å². The van der Waals surface area contributed by atoms with Crippen LogP contribution in [0.25, 0.3) is 0 Å². The summed E-state index contributed by atoms with van der Waals surface area (Å²) in [5.41, 5.74) is -1.14. The van der Waals surface area contributed by atoms with Crippen molar-refractivity contribution in [3.05, 3.63) is 11.6 Å². The summed E-state index contributed by atoms with van der Waals surface area (Å²) < 4.78 is 16.9. The molecule has 2 aliphatic carbocycles. The van der Waals surface area contributed by atoms with Gasteiger partial charge in [-0.1, -0.05) is 27.7 Å². The predicted molar refractivity (Wildman–Crippen MR) is 125 cm³/mol. The van der Waals surface area contributed by atoms with E-state index in [1.165, 1.54) is 0 Å². The van der Waals surface area contributed by atoms with Crippen LogP contribution in [0, 0.1) is 22.7 Å². The number of rotatable bonds is 6. The van der Waals surface area contributed by atoms with Crippen LogP contribution in [0.1, 0.15) is 66.2 Å². The van der Waals surface area contributed by atoms with Crippen molar-refractivity contribution >= 4 is 5.97 Å². The third kappa shape index (κ3) is 4.37. The topological polar surface area (TPSA) is 146 Å². The number of hydrogen-bond donors (Lipinski definition) is 5. The molecule has 4 rings (SSSR count). The molecule has 2 aliphatic heterocycles. The molecule has 0 aromatic heterocycles. The first-order valence-corrected chi connectivity index (χ1v) is 12.9. The van der Waals surface area contributed by atoms with Gasteiger partial charge in [0.05, 0.1) is 18.3 Å². The molecule has 2 heterocycles. The number of cyclic esters (lactones) is 1. The van der Waals surface area contributed by atoms with Crippen molar-refractivity contribution in [3.63, 3.8) is 0 Å². The van der Waals surface area contributed by atoms with E-state index in [2.05, 4.69) is 27.7 Å². The van der Waals surface area contributed by atoms with Crippen molar-refractivity contribution in [1.82, 2.24) is 0 Å². The van der Waals surface area contributed by atoms with Crippen LogP contribution in [0.4, 0.5) is 0 Å². The average molecular weight is 499 g/mol. The fraction of sp³-hybridized carbons (Fsp3) is 0.885. The molecular formula is C26H42O9. The van der Waals surface area contributed by atoms with Crippen LogP contribution in [0.15, 0.2) is 11.6 Å². The van der Waals surface area contributed by atoms with Crippen molar-refractivity contribution in [2.24, 2.45) is 22.7 Å². The van der Waals surface area contributed by atoms with Crippen LogP contribution < -0.4 is 0 Å². The minimum atomic E-state index is -1.49. The maximum atomic E-state index is 12.2. The number of ether oxygens (including phenoxy) is 3. The molecule has 0 amide bonds. The van der Waals surface area contributed by atoms with E-state index in [1.54, 1.807) is 6.08 Å². The third-order valence-corrected chi connectivity index (χ3v) is 9.84. The van der Waals surface area contributed by atoms with E-state index in [4.69, 9.17) is 14.2 Å². The molecule has 0 unspecified atom stereocenters. The highest BCUT2D eigenvalue weighted by atomic mass is 16.7. The lowest BCUT2D eigenvalue weighted by Crippen LogP contribution is -2.66. The summed E-state index contributed by atoms with van der Waals surface area (Å²) in [6.07, 6.45) is -1.08. The molecule has 35 heavy (non-hydrogen) atoms. The fourth-order valence-corrected chi connectivity index (χ4v) is 7.49. The molecule has 0 aromatic rings. The first-order chi connectivity index (χ1) is 16.4. The van der Waals surface area contributed by atoms with Crippen molar-refractivity contribution in [3.8, 4) is 0 Å². The molecule has 0 spiro atoms. The summed E-state index contributed by atoms with van der Waals surface area (Å²) in [5.74, 6) is -0.124. The Hall–Kier alpha value is -1.07. The predicted octanol–water partition coefficient (Wildman–Crippen LogP) is 1.04. The quantitative estimate of drug-likeness (QED) is 0.268. The van der Waals surface area contributed by atoms with Crippen LogP contribution >= 0.6 is 0 Å². The second-order valence-corrected chi connectivity index (χ2v) is 11.9. The number of fused-ring (bicyclic) bond motifs is 1. The summed E-state index contributed by atoms with van der Waals surface area (Å²) >= 11 is 0. The number of carbonyl (C=O) groups is 1. The normalized spacial score (nSPS) is 47.7. The SMILES string of the molecule is C[C@H]1CC[C@H]2C(C)(C)[C@@H](O[C@@H]3O[C@H](CO)[C@@H](O)[C@H](O)[C@H]3O)CC[C@@]2(C)[C@@]1(O)CCC1=CCOC1=O. The Morgan fingerprint density at radius 1 is 1.09 bits per heavy atom. The molecule has 1 saturated heterocycles. The van der Waals surface area contributed by atoms with E-state index in [1.807, 2.05) is 0 Å².